The molecule has 158 valence electrons. The highest BCUT2D eigenvalue weighted by Gasteiger charge is 2.37. The van der Waals surface area contributed by atoms with Crippen molar-refractivity contribution in [1.29, 1.82) is 0 Å². The number of amidine groups is 1. The van der Waals surface area contributed by atoms with Crippen LogP contribution in [0.5, 0.6) is 11.5 Å². The summed E-state index contributed by atoms with van der Waals surface area (Å²) in [6.45, 7) is 2.59. The third-order valence-electron chi connectivity index (χ3n) is 4.82. The second-order valence-corrected chi connectivity index (χ2v) is 8.06. The molecule has 0 radical (unpaired) electrons. The van der Waals surface area contributed by atoms with E-state index in [4.69, 9.17) is 9.47 Å². The largest absolute Gasteiger partial charge is 0.497 e. The molecular weight excluding hydrogens is 398 g/mol. The van der Waals surface area contributed by atoms with Crippen LogP contribution in [0, 0.1) is 0 Å². The Morgan fingerprint density at radius 3 is 2.57 bits per heavy atom. The normalized spacial score (nSPS) is 17.8. The number of hydrogen-bond acceptors (Lipinski definition) is 6. The summed E-state index contributed by atoms with van der Waals surface area (Å²) < 4.78 is 10.6. The van der Waals surface area contributed by atoms with Gasteiger partial charge in [-0.3, -0.25) is 9.69 Å². The van der Waals surface area contributed by atoms with Gasteiger partial charge in [-0.15, -0.1) is 5.10 Å². The first-order valence-electron chi connectivity index (χ1n) is 10.0. The van der Waals surface area contributed by atoms with E-state index in [9.17, 15) is 4.79 Å². The van der Waals surface area contributed by atoms with Crippen LogP contribution in [0.2, 0.25) is 0 Å². The van der Waals surface area contributed by atoms with E-state index in [-0.39, 0.29) is 11.2 Å². The van der Waals surface area contributed by atoms with Gasteiger partial charge >= 0.3 is 0 Å². The first-order valence-corrected chi connectivity index (χ1v) is 10.9. The summed E-state index contributed by atoms with van der Waals surface area (Å²) in [4.78, 5) is 14.7. The lowest BCUT2D eigenvalue weighted by Crippen LogP contribution is -2.31. The van der Waals surface area contributed by atoms with Crippen molar-refractivity contribution in [3.8, 4) is 11.5 Å². The van der Waals surface area contributed by atoms with Gasteiger partial charge in [0.2, 0.25) is 5.91 Å². The number of carbonyl (C=O) groups is 1. The maximum atomic E-state index is 13.0. The molecular formula is C23H27N3O3S. The predicted octanol–water partition coefficient (Wildman–Crippen LogP) is 4.73. The van der Waals surface area contributed by atoms with Gasteiger partial charge in [-0.25, -0.2) is 0 Å². The average Bonchev–Trinajstić information content (AvgIpc) is 3.07. The molecule has 30 heavy (non-hydrogen) atoms. The summed E-state index contributed by atoms with van der Waals surface area (Å²) in [7, 11) is 3.26. The number of nitrogens with zero attached hydrogens (tertiary/aromatic N) is 3. The molecule has 0 aliphatic carbocycles. The molecule has 0 bridgehead atoms. The van der Waals surface area contributed by atoms with Crippen LogP contribution in [0.15, 0.2) is 58.7 Å². The number of rotatable bonds is 9. The van der Waals surface area contributed by atoms with E-state index in [0.717, 1.165) is 41.9 Å². The van der Waals surface area contributed by atoms with E-state index in [1.165, 1.54) is 11.8 Å². The molecule has 1 aliphatic rings. The summed E-state index contributed by atoms with van der Waals surface area (Å²) >= 11 is 1.50. The van der Waals surface area contributed by atoms with Crippen LogP contribution in [0.3, 0.4) is 0 Å². The smallest absolute Gasteiger partial charge is 0.242 e. The molecule has 2 aromatic carbocycles. The second-order valence-electron chi connectivity index (χ2n) is 6.89. The topological polar surface area (TPSA) is 63.5 Å². The quantitative estimate of drug-likeness (QED) is 0.430. The van der Waals surface area contributed by atoms with E-state index in [0.29, 0.717) is 11.7 Å². The Bertz CT molecular complexity index is 912. The lowest BCUT2D eigenvalue weighted by Gasteiger charge is -2.16. The van der Waals surface area contributed by atoms with Gasteiger partial charge in [-0.2, -0.15) is 5.10 Å². The van der Waals surface area contributed by atoms with Crippen LogP contribution in [0.25, 0.3) is 0 Å². The Balaban J connectivity index is 1.81. The third kappa shape index (κ3) is 5.42. The number of benzene rings is 2. The molecule has 0 saturated carbocycles. The zero-order chi connectivity index (χ0) is 21.3. The molecule has 1 heterocycles. The van der Waals surface area contributed by atoms with Crippen molar-refractivity contribution in [2.24, 2.45) is 10.2 Å². The van der Waals surface area contributed by atoms with Crippen molar-refractivity contribution in [2.75, 3.05) is 14.2 Å². The van der Waals surface area contributed by atoms with Crippen LogP contribution in [0.4, 0.5) is 0 Å². The number of carbonyl (C=O) groups excluding carboxylic acids is 1. The Morgan fingerprint density at radius 1 is 1.10 bits per heavy atom. The van der Waals surface area contributed by atoms with Gasteiger partial charge in [-0.1, -0.05) is 55.8 Å². The highest BCUT2D eigenvalue weighted by Crippen LogP contribution is 2.32. The van der Waals surface area contributed by atoms with Crippen LogP contribution in [0.1, 0.15) is 37.3 Å². The van der Waals surface area contributed by atoms with E-state index < -0.39 is 0 Å². The lowest BCUT2D eigenvalue weighted by atomic mass is 10.1. The Morgan fingerprint density at radius 2 is 1.87 bits per heavy atom. The highest BCUT2D eigenvalue weighted by molar-refractivity contribution is 8.15. The SMILES string of the molecule is CCCC[C@@H]1S/C(=N/N=C\c2ccccc2OC)N(Cc2ccc(OC)cc2)C1=O. The standard InChI is InChI=1S/C23H27N3O3S/c1-4-5-10-21-22(27)26(16-17-11-13-19(28-2)14-12-17)23(30-21)25-24-15-18-8-6-7-9-20(18)29-3/h6-9,11-15,21H,4-5,10,16H2,1-3H3/b24-15-,25-23+/t21-/m0/s1. The fourth-order valence-electron chi connectivity index (χ4n) is 3.13. The Kier molecular flexibility index (Phi) is 7.90. The molecule has 7 heteroatoms. The summed E-state index contributed by atoms with van der Waals surface area (Å²) in [5, 5.41) is 9.16. The second kappa shape index (κ2) is 10.8. The number of methoxy groups -OCH3 is 2. The van der Waals surface area contributed by atoms with E-state index in [2.05, 4.69) is 17.1 Å². The molecule has 1 fully saturated rings. The van der Waals surface area contributed by atoms with Gasteiger partial charge in [0.05, 0.1) is 32.2 Å². The van der Waals surface area contributed by atoms with Crippen molar-refractivity contribution >= 4 is 29.1 Å². The monoisotopic (exact) mass is 425 g/mol. The Labute approximate surface area is 182 Å². The maximum Gasteiger partial charge on any atom is 0.242 e. The van der Waals surface area contributed by atoms with E-state index in [1.54, 1.807) is 25.3 Å². The first-order chi connectivity index (χ1) is 14.7. The van der Waals surface area contributed by atoms with Gasteiger partial charge in [-0.05, 0) is 36.2 Å². The van der Waals surface area contributed by atoms with Crippen molar-refractivity contribution in [3.05, 3.63) is 59.7 Å². The summed E-state index contributed by atoms with van der Waals surface area (Å²) in [5.41, 5.74) is 1.85. The summed E-state index contributed by atoms with van der Waals surface area (Å²) in [6, 6.07) is 15.3. The predicted molar refractivity (Wildman–Crippen MR) is 122 cm³/mol. The van der Waals surface area contributed by atoms with Crippen LogP contribution in [-0.2, 0) is 11.3 Å². The lowest BCUT2D eigenvalue weighted by molar-refractivity contribution is -0.126. The van der Waals surface area contributed by atoms with Crippen molar-refractivity contribution in [2.45, 2.75) is 38.0 Å². The average molecular weight is 426 g/mol. The van der Waals surface area contributed by atoms with Gasteiger partial charge in [0.25, 0.3) is 0 Å². The zero-order valence-electron chi connectivity index (χ0n) is 17.6. The number of amides is 1. The number of ether oxygens (including phenoxy) is 2. The number of thioether (sulfide) groups is 1. The molecule has 2 aromatic rings. The molecule has 1 amide bonds. The molecule has 3 rings (SSSR count). The van der Waals surface area contributed by atoms with Crippen molar-refractivity contribution in [1.82, 2.24) is 4.90 Å². The molecule has 1 atom stereocenters. The maximum absolute atomic E-state index is 13.0. The molecule has 0 aromatic heterocycles. The number of para-hydroxylation sites is 1. The fraction of sp³-hybridized carbons (Fsp3) is 0.348. The van der Waals surface area contributed by atoms with Gasteiger partial charge in [0.1, 0.15) is 11.5 Å². The summed E-state index contributed by atoms with van der Waals surface area (Å²) in [6.07, 6.45) is 4.56. The molecule has 6 nitrogen and oxygen atoms in total. The van der Waals surface area contributed by atoms with E-state index >= 15 is 0 Å². The van der Waals surface area contributed by atoms with Gasteiger partial charge in [0, 0.05) is 5.56 Å². The van der Waals surface area contributed by atoms with E-state index in [1.807, 2.05) is 48.5 Å². The zero-order valence-corrected chi connectivity index (χ0v) is 18.4. The molecule has 1 aliphatic heterocycles. The van der Waals surface area contributed by atoms with Crippen LogP contribution < -0.4 is 9.47 Å². The first kappa shape index (κ1) is 21.9. The minimum Gasteiger partial charge on any atom is -0.497 e. The number of hydrogen-bond donors (Lipinski definition) is 0. The minimum absolute atomic E-state index is 0.0931. The van der Waals surface area contributed by atoms with Gasteiger partial charge in [0.15, 0.2) is 5.17 Å². The summed E-state index contributed by atoms with van der Waals surface area (Å²) in [5.74, 6) is 1.61. The highest BCUT2D eigenvalue weighted by atomic mass is 32.2. The fourth-order valence-corrected chi connectivity index (χ4v) is 4.27. The minimum atomic E-state index is -0.108. The Hall–Kier alpha value is -2.80. The molecule has 0 N–H and O–H groups in total. The van der Waals surface area contributed by atoms with Crippen LogP contribution in [-0.4, -0.2) is 41.7 Å². The van der Waals surface area contributed by atoms with Crippen molar-refractivity contribution < 1.29 is 14.3 Å². The molecule has 1 saturated heterocycles. The third-order valence-corrected chi connectivity index (χ3v) is 6.05. The van der Waals surface area contributed by atoms with Crippen LogP contribution >= 0.6 is 11.8 Å². The van der Waals surface area contributed by atoms with Gasteiger partial charge < -0.3 is 9.47 Å². The van der Waals surface area contributed by atoms with Crippen molar-refractivity contribution in [3.63, 3.8) is 0 Å². The number of unbranched alkanes of at least 4 members (excludes halogenated alkanes) is 1. The molecule has 0 unspecified atom stereocenters. The molecule has 0 spiro atoms.